The van der Waals surface area contributed by atoms with E-state index in [9.17, 15) is 0 Å². The van der Waals surface area contributed by atoms with Gasteiger partial charge in [-0.05, 0) is 29.8 Å². The van der Waals surface area contributed by atoms with Crippen LogP contribution in [0.25, 0.3) is 21.7 Å². The van der Waals surface area contributed by atoms with Crippen molar-refractivity contribution in [1.29, 1.82) is 0 Å². The Balaban J connectivity index is 2.12. The van der Waals surface area contributed by atoms with Crippen molar-refractivity contribution in [3.8, 4) is 21.7 Å². The first kappa shape index (κ1) is 13.5. The summed E-state index contributed by atoms with van der Waals surface area (Å²) >= 11 is 11.9. The number of hydrogen-bond donors (Lipinski definition) is 2. The molecule has 0 bridgehead atoms. The van der Waals surface area contributed by atoms with Crippen molar-refractivity contribution in [2.75, 3.05) is 5.73 Å². The van der Waals surface area contributed by atoms with Gasteiger partial charge in [-0.15, -0.1) is 24.0 Å². The first-order valence-electron chi connectivity index (χ1n) is 5.95. The highest BCUT2D eigenvalue weighted by Gasteiger charge is 2.13. The molecule has 0 atom stereocenters. The number of halogens is 1. The lowest BCUT2D eigenvalue weighted by Gasteiger charge is -2.03. The van der Waals surface area contributed by atoms with Crippen LogP contribution in [0.3, 0.4) is 0 Å². The van der Waals surface area contributed by atoms with Crippen LogP contribution in [0.4, 0.5) is 5.69 Å². The predicted molar refractivity (Wildman–Crippen MR) is 89.7 cm³/mol. The molecule has 2 nitrogen and oxygen atoms in total. The Morgan fingerprint density at radius 2 is 1.55 bits per heavy atom. The SMILES string of the molecule is Nc1ccc(-c2sc(S)nc2-c2ccc(Cl)cc2)cc1. The summed E-state index contributed by atoms with van der Waals surface area (Å²) in [5, 5.41) is 0.712. The van der Waals surface area contributed by atoms with Crippen LogP contribution in [-0.4, -0.2) is 4.98 Å². The van der Waals surface area contributed by atoms with Crippen LogP contribution in [0, 0.1) is 0 Å². The van der Waals surface area contributed by atoms with Gasteiger partial charge in [0.15, 0.2) is 0 Å². The second kappa shape index (κ2) is 5.48. The summed E-state index contributed by atoms with van der Waals surface area (Å²) < 4.78 is 0.738. The summed E-state index contributed by atoms with van der Waals surface area (Å²) in [4.78, 5) is 5.60. The third-order valence-corrected chi connectivity index (χ3v) is 4.44. The largest absolute Gasteiger partial charge is 0.399 e. The summed E-state index contributed by atoms with van der Waals surface area (Å²) in [5.41, 5.74) is 9.51. The molecule has 0 unspecified atom stereocenters. The first-order valence-corrected chi connectivity index (χ1v) is 7.59. The number of anilines is 1. The molecule has 20 heavy (non-hydrogen) atoms. The van der Waals surface area contributed by atoms with Crippen molar-refractivity contribution in [3.63, 3.8) is 0 Å². The minimum absolute atomic E-state index is 0.712. The van der Waals surface area contributed by atoms with Crippen LogP contribution in [-0.2, 0) is 0 Å². The van der Waals surface area contributed by atoms with E-state index in [2.05, 4.69) is 17.6 Å². The van der Waals surface area contributed by atoms with Gasteiger partial charge in [0.1, 0.15) is 4.34 Å². The zero-order chi connectivity index (χ0) is 14.1. The minimum atomic E-state index is 0.712. The van der Waals surface area contributed by atoms with Gasteiger partial charge in [0.25, 0.3) is 0 Å². The molecule has 2 aromatic carbocycles. The van der Waals surface area contributed by atoms with E-state index in [0.29, 0.717) is 5.02 Å². The molecular formula is C15H11ClN2S2. The van der Waals surface area contributed by atoms with E-state index in [-0.39, 0.29) is 0 Å². The Kier molecular flexibility index (Phi) is 3.70. The molecule has 3 rings (SSSR count). The minimum Gasteiger partial charge on any atom is -0.399 e. The quantitative estimate of drug-likeness (QED) is 0.515. The molecule has 0 spiro atoms. The van der Waals surface area contributed by atoms with Gasteiger partial charge in [-0.1, -0.05) is 35.9 Å². The van der Waals surface area contributed by atoms with Crippen LogP contribution in [0.5, 0.6) is 0 Å². The van der Waals surface area contributed by atoms with E-state index in [1.165, 1.54) is 0 Å². The molecule has 0 fully saturated rings. The van der Waals surface area contributed by atoms with Crippen LogP contribution < -0.4 is 5.73 Å². The highest BCUT2D eigenvalue weighted by Crippen LogP contribution is 2.38. The van der Waals surface area contributed by atoms with Gasteiger partial charge in [0.2, 0.25) is 0 Å². The van der Waals surface area contributed by atoms with Crippen molar-refractivity contribution in [2.45, 2.75) is 4.34 Å². The fraction of sp³-hybridized carbons (Fsp3) is 0. The van der Waals surface area contributed by atoms with Gasteiger partial charge < -0.3 is 5.73 Å². The Bertz CT molecular complexity index is 671. The van der Waals surface area contributed by atoms with Gasteiger partial charge >= 0.3 is 0 Å². The number of benzene rings is 2. The molecule has 2 N–H and O–H groups in total. The monoisotopic (exact) mass is 318 g/mol. The van der Waals surface area contributed by atoms with Crippen LogP contribution in [0.1, 0.15) is 0 Å². The van der Waals surface area contributed by atoms with Gasteiger partial charge in [0.05, 0.1) is 10.6 Å². The fourth-order valence-corrected chi connectivity index (χ4v) is 3.28. The Morgan fingerprint density at radius 3 is 2.20 bits per heavy atom. The lowest BCUT2D eigenvalue weighted by Crippen LogP contribution is -1.85. The second-order valence-corrected chi connectivity index (χ2v) is 6.46. The predicted octanol–water partition coefficient (Wildman–Crippen LogP) is 5.00. The third-order valence-electron chi connectivity index (χ3n) is 2.91. The summed E-state index contributed by atoms with van der Waals surface area (Å²) in [7, 11) is 0. The van der Waals surface area contributed by atoms with Crippen molar-refractivity contribution in [3.05, 3.63) is 53.6 Å². The molecule has 0 aliphatic heterocycles. The van der Waals surface area contributed by atoms with Gasteiger partial charge in [-0.25, -0.2) is 4.98 Å². The fourth-order valence-electron chi connectivity index (χ4n) is 1.94. The average molecular weight is 319 g/mol. The topological polar surface area (TPSA) is 38.9 Å². The van der Waals surface area contributed by atoms with E-state index in [1.54, 1.807) is 11.3 Å². The van der Waals surface area contributed by atoms with E-state index >= 15 is 0 Å². The average Bonchev–Trinajstić information content (AvgIpc) is 2.82. The van der Waals surface area contributed by atoms with Crippen LogP contribution in [0.2, 0.25) is 5.02 Å². The molecule has 0 saturated carbocycles. The van der Waals surface area contributed by atoms with Gasteiger partial charge in [0, 0.05) is 16.3 Å². The third kappa shape index (κ3) is 2.68. The molecule has 5 heteroatoms. The number of hydrogen-bond acceptors (Lipinski definition) is 4. The van der Waals surface area contributed by atoms with Crippen LogP contribution >= 0.6 is 35.6 Å². The van der Waals surface area contributed by atoms with E-state index in [4.69, 9.17) is 17.3 Å². The normalized spacial score (nSPS) is 10.7. The van der Waals surface area contributed by atoms with Crippen molar-refractivity contribution >= 4 is 41.3 Å². The van der Waals surface area contributed by atoms with Crippen LogP contribution in [0.15, 0.2) is 52.9 Å². The summed E-state index contributed by atoms with van der Waals surface area (Å²) in [5.74, 6) is 0. The Hall–Kier alpha value is -1.49. The zero-order valence-corrected chi connectivity index (χ0v) is 12.8. The maximum atomic E-state index is 5.93. The number of nitrogens with zero attached hydrogens (tertiary/aromatic N) is 1. The van der Waals surface area contributed by atoms with Gasteiger partial charge in [-0.2, -0.15) is 0 Å². The Morgan fingerprint density at radius 1 is 0.950 bits per heavy atom. The van der Waals surface area contributed by atoms with Crippen molar-refractivity contribution in [2.24, 2.45) is 0 Å². The number of thiol groups is 1. The number of rotatable bonds is 2. The molecule has 0 aliphatic carbocycles. The maximum Gasteiger partial charge on any atom is 0.148 e. The molecule has 1 heterocycles. The zero-order valence-electron chi connectivity index (χ0n) is 10.4. The number of aromatic nitrogens is 1. The van der Waals surface area contributed by atoms with E-state index in [1.807, 2.05) is 48.5 Å². The first-order chi connectivity index (χ1) is 9.63. The molecule has 3 aromatic rings. The lowest BCUT2D eigenvalue weighted by molar-refractivity contribution is 1.26. The standard InChI is InChI=1S/C15H11ClN2S2/c16-11-5-1-9(2-6-11)13-14(20-15(19)18-13)10-3-7-12(17)8-4-10/h1-8H,17H2,(H,18,19). The molecular weight excluding hydrogens is 308 g/mol. The highest BCUT2D eigenvalue weighted by molar-refractivity contribution is 7.82. The van der Waals surface area contributed by atoms with E-state index < -0.39 is 0 Å². The number of nitrogens with two attached hydrogens (primary N) is 1. The van der Waals surface area contributed by atoms with E-state index in [0.717, 1.165) is 31.7 Å². The molecule has 0 aliphatic rings. The maximum absolute atomic E-state index is 5.93. The molecule has 0 radical (unpaired) electrons. The second-order valence-electron chi connectivity index (χ2n) is 4.30. The molecule has 1 aromatic heterocycles. The van der Waals surface area contributed by atoms with Crippen molar-refractivity contribution in [1.82, 2.24) is 4.98 Å². The summed E-state index contributed by atoms with van der Waals surface area (Å²) in [6, 6.07) is 15.4. The lowest BCUT2D eigenvalue weighted by atomic mass is 10.1. The molecule has 0 saturated heterocycles. The Labute approximate surface area is 131 Å². The smallest absolute Gasteiger partial charge is 0.148 e. The summed E-state index contributed by atoms with van der Waals surface area (Å²) in [6.45, 7) is 0. The van der Waals surface area contributed by atoms with Gasteiger partial charge in [-0.3, -0.25) is 0 Å². The molecule has 0 amide bonds. The number of thiazole rings is 1. The molecule has 100 valence electrons. The summed E-state index contributed by atoms with van der Waals surface area (Å²) in [6.07, 6.45) is 0. The van der Waals surface area contributed by atoms with Crippen molar-refractivity contribution < 1.29 is 0 Å². The number of nitrogen functional groups attached to an aromatic ring is 1. The highest BCUT2D eigenvalue weighted by atomic mass is 35.5.